The quantitative estimate of drug-likeness (QED) is 0.347. The van der Waals surface area contributed by atoms with Crippen molar-refractivity contribution < 1.29 is 38.3 Å². The number of benzene rings is 2. The molecule has 0 saturated carbocycles. The molecule has 178 valence electrons. The van der Waals surface area contributed by atoms with Gasteiger partial charge in [0, 0.05) is 19.8 Å². The third kappa shape index (κ3) is 11.2. The van der Waals surface area contributed by atoms with Crippen molar-refractivity contribution in [3.8, 4) is 11.5 Å². The highest BCUT2D eigenvalue weighted by molar-refractivity contribution is 5.76. The minimum Gasteiger partial charge on any atom is -0.497 e. The number of methoxy groups -OCH3 is 4. The van der Waals surface area contributed by atoms with E-state index >= 15 is 0 Å². The molecule has 1 N–H and O–H groups in total. The normalized spacial score (nSPS) is 10.3. The van der Waals surface area contributed by atoms with E-state index in [9.17, 15) is 4.79 Å². The molecule has 32 heavy (non-hydrogen) atoms. The number of hydrogen-bond acceptors (Lipinski definition) is 8. The molecule has 0 unspecified atom stereocenters. The summed E-state index contributed by atoms with van der Waals surface area (Å²) in [7, 11) is 6.43. The Labute approximate surface area is 190 Å². The highest BCUT2D eigenvalue weighted by atomic mass is 16.5. The Morgan fingerprint density at radius 2 is 1.19 bits per heavy atom. The van der Waals surface area contributed by atoms with Crippen LogP contribution < -0.4 is 9.47 Å². The van der Waals surface area contributed by atoms with E-state index in [1.54, 1.807) is 46.6 Å². The molecule has 0 aliphatic rings. The minimum absolute atomic E-state index is 0.00225. The summed E-state index contributed by atoms with van der Waals surface area (Å²) < 4.78 is 30.7. The van der Waals surface area contributed by atoms with Gasteiger partial charge in [-0.3, -0.25) is 4.79 Å². The Morgan fingerprint density at radius 1 is 0.688 bits per heavy atom. The molecule has 0 saturated heterocycles. The number of carbonyl (C=O) groups excluding carboxylic acids is 1. The van der Waals surface area contributed by atoms with Gasteiger partial charge in [-0.2, -0.15) is 0 Å². The molecule has 0 radical (unpaired) electrons. The van der Waals surface area contributed by atoms with E-state index in [0.29, 0.717) is 51.0 Å². The summed E-state index contributed by atoms with van der Waals surface area (Å²) in [5.41, 5.74) is 3.31. The molecular formula is C24H34O8. The van der Waals surface area contributed by atoms with Gasteiger partial charge in [0.2, 0.25) is 0 Å². The van der Waals surface area contributed by atoms with Crippen molar-refractivity contribution in [3.05, 3.63) is 58.7 Å². The van der Waals surface area contributed by atoms with Gasteiger partial charge in [0.25, 0.3) is 0 Å². The SMILES string of the molecule is COCCOCc1cc(C=O)cc(OC)c1.COCCOCc1cc(CO)cc(OC)c1. The van der Waals surface area contributed by atoms with Crippen molar-refractivity contribution >= 4 is 6.29 Å². The molecule has 0 bridgehead atoms. The van der Waals surface area contributed by atoms with Gasteiger partial charge < -0.3 is 33.5 Å². The van der Waals surface area contributed by atoms with Gasteiger partial charge in [-0.05, 0) is 47.0 Å². The molecule has 2 aromatic carbocycles. The highest BCUT2D eigenvalue weighted by Gasteiger charge is 2.02. The average molecular weight is 451 g/mol. The third-order valence-corrected chi connectivity index (χ3v) is 4.21. The minimum atomic E-state index is 0.00225. The number of ether oxygens (including phenoxy) is 6. The van der Waals surface area contributed by atoms with Crippen LogP contribution >= 0.6 is 0 Å². The average Bonchev–Trinajstić information content (AvgIpc) is 2.84. The molecule has 0 aromatic heterocycles. The first kappa shape index (κ1) is 27.5. The molecule has 0 atom stereocenters. The standard InChI is InChI=1S/C12H18O4.C12H16O4/c2*1-14-3-4-16-9-11-5-10(8-13)6-12(7-11)15-2/h5-7,13H,3-4,8-9H2,1-2H3;5-8H,3-4,9H2,1-2H3. The number of carbonyl (C=O) groups is 1. The molecule has 0 aliphatic heterocycles. The van der Waals surface area contributed by atoms with Crippen LogP contribution in [0.4, 0.5) is 0 Å². The maximum atomic E-state index is 10.7. The molecule has 0 fully saturated rings. The zero-order valence-electron chi connectivity index (χ0n) is 19.3. The van der Waals surface area contributed by atoms with E-state index in [1.807, 2.05) is 18.2 Å². The monoisotopic (exact) mass is 450 g/mol. The Kier molecular flexibility index (Phi) is 14.7. The van der Waals surface area contributed by atoms with Gasteiger partial charge in [0.1, 0.15) is 17.8 Å². The van der Waals surface area contributed by atoms with E-state index in [1.165, 1.54) is 0 Å². The van der Waals surface area contributed by atoms with Crippen molar-refractivity contribution in [1.29, 1.82) is 0 Å². The first-order valence-corrected chi connectivity index (χ1v) is 10.1. The summed E-state index contributed by atoms with van der Waals surface area (Å²) in [6.45, 7) is 3.17. The zero-order chi connectivity index (χ0) is 23.6. The molecule has 2 aromatic rings. The second kappa shape index (κ2) is 17.1. The van der Waals surface area contributed by atoms with E-state index in [4.69, 9.17) is 33.5 Å². The fourth-order valence-corrected chi connectivity index (χ4v) is 2.64. The highest BCUT2D eigenvalue weighted by Crippen LogP contribution is 2.18. The molecule has 0 amide bonds. The van der Waals surface area contributed by atoms with E-state index in [0.717, 1.165) is 28.7 Å². The zero-order valence-corrected chi connectivity index (χ0v) is 19.3. The molecule has 0 spiro atoms. The number of aliphatic hydroxyl groups is 1. The van der Waals surface area contributed by atoms with Gasteiger partial charge in [-0.25, -0.2) is 0 Å². The van der Waals surface area contributed by atoms with Crippen LogP contribution in [0, 0.1) is 0 Å². The summed E-state index contributed by atoms with van der Waals surface area (Å²) in [5, 5.41) is 9.08. The summed E-state index contributed by atoms with van der Waals surface area (Å²) in [6, 6.07) is 10.9. The molecule has 8 nitrogen and oxygen atoms in total. The van der Waals surface area contributed by atoms with E-state index in [-0.39, 0.29) is 6.61 Å². The first-order chi connectivity index (χ1) is 15.6. The first-order valence-electron chi connectivity index (χ1n) is 10.1. The van der Waals surface area contributed by atoms with Crippen LogP contribution in [0.2, 0.25) is 0 Å². The van der Waals surface area contributed by atoms with Crippen LogP contribution in [0.15, 0.2) is 36.4 Å². The maximum absolute atomic E-state index is 10.7. The van der Waals surface area contributed by atoms with Crippen LogP contribution in [0.1, 0.15) is 27.0 Å². The molecular weight excluding hydrogens is 416 g/mol. The Morgan fingerprint density at radius 3 is 1.66 bits per heavy atom. The van der Waals surface area contributed by atoms with Crippen molar-refractivity contribution in [2.45, 2.75) is 19.8 Å². The maximum Gasteiger partial charge on any atom is 0.150 e. The van der Waals surface area contributed by atoms with E-state index < -0.39 is 0 Å². The van der Waals surface area contributed by atoms with Crippen molar-refractivity contribution in [1.82, 2.24) is 0 Å². The number of hydrogen-bond donors (Lipinski definition) is 1. The smallest absolute Gasteiger partial charge is 0.150 e. The topological polar surface area (TPSA) is 92.7 Å². The lowest BCUT2D eigenvalue weighted by molar-refractivity contribution is 0.0615. The lowest BCUT2D eigenvalue weighted by Gasteiger charge is -2.08. The Balaban J connectivity index is 0.000000320. The van der Waals surface area contributed by atoms with Crippen LogP contribution in [0.3, 0.4) is 0 Å². The van der Waals surface area contributed by atoms with Crippen LogP contribution in [0.25, 0.3) is 0 Å². The predicted octanol–water partition coefficient (Wildman–Crippen LogP) is 3.02. The second-order valence-electron chi connectivity index (χ2n) is 6.67. The fourth-order valence-electron chi connectivity index (χ4n) is 2.64. The third-order valence-electron chi connectivity index (χ3n) is 4.21. The van der Waals surface area contributed by atoms with Crippen LogP contribution in [-0.2, 0) is 38.8 Å². The Bertz CT molecular complexity index is 756. The number of aliphatic hydroxyl groups excluding tert-OH is 1. The molecule has 0 heterocycles. The summed E-state index contributed by atoms with van der Waals surface area (Å²) in [4.78, 5) is 10.7. The summed E-state index contributed by atoms with van der Waals surface area (Å²) in [6.07, 6.45) is 0.793. The van der Waals surface area contributed by atoms with Crippen LogP contribution in [0.5, 0.6) is 11.5 Å². The molecule has 2 rings (SSSR count). The van der Waals surface area contributed by atoms with Gasteiger partial charge in [-0.15, -0.1) is 0 Å². The van der Waals surface area contributed by atoms with Crippen LogP contribution in [-0.4, -0.2) is 66.3 Å². The molecule has 0 aliphatic carbocycles. The van der Waals surface area contributed by atoms with Crippen molar-refractivity contribution in [2.75, 3.05) is 54.9 Å². The summed E-state index contributed by atoms with van der Waals surface area (Å²) in [5.74, 6) is 1.40. The fraction of sp³-hybridized carbons (Fsp3) is 0.458. The van der Waals surface area contributed by atoms with Gasteiger partial charge in [0.15, 0.2) is 0 Å². The number of aldehydes is 1. The van der Waals surface area contributed by atoms with Crippen molar-refractivity contribution in [2.24, 2.45) is 0 Å². The second-order valence-corrected chi connectivity index (χ2v) is 6.67. The van der Waals surface area contributed by atoms with Crippen molar-refractivity contribution in [3.63, 3.8) is 0 Å². The summed E-state index contributed by atoms with van der Waals surface area (Å²) >= 11 is 0. The van der Waals surface area contributed by atoms with Gasteiger partial charge in [-0.1, -0.05) is 6.07 Å². The molecule has 8 heteroatoms. The van der Waals surface area contributed by atoms with Gasteiger partial charge in [0.05, 0.1) is 60.5 Å². The van der Waals surface area contributed by atoms with E-state index in [2.05, 4.69) is 0 Å². The lowest BCUT2D eigenvalue weighted by atomic mass is 10.1. The number of rotatable bonds is 14. The largest absolute Gasteiger partial charge is 0.497 e. The lowest BCUT2D eigenvalue weighted by Crippen LogP contribution is -2.02. The predicted molar refractivity (Wildman–Crippen MR) is 120 cm³/mol. The Hall–Kier alpha value is -2.49. The van der Waals surface area contributed by atoms with Gasteiger partial charge >= 0.3 is 0 Å².